The van der Waals surface area contributed by atoms with Crippen molar-refractivity contribution in [2.24, 2.45) is 0 Å². The summed E-state index contributed by atoms with van der Waals surface area (Å²) in [7, 11) is 0. The maximum atomic E-state index is 3.95. The second-order valence-electron chi connectivity index (χ2n) is 3.44. The SMILES string of the molecule is C[C@@H](Cn1ccnn1)c1ccccc1. The smallest absolute Gasteiger partial charge is 0.0692 e. The van der Waals surface area contributed by atoms with Gasteiger partial charge >= 0.3 is 0 Å². The van der Waals surface area contributed by atoms with Crippen LogP contribution in [0.15, 0.2) is 42.7 Å². The molecule has 2 rings (SSSR count). The molecule has 3 nitrogen and oxygen atoms in total. The lowest BCUT2D eigenvalue weighted by atomic mass is 10.0. The van der Waals surface area contributed by atoms with Gasteiger partial charge in [-0.25, -0.2) is 0 Å². The Balaban J connectivity index is 2.07. The third kappa shape index (κ3) is 1.99. The van der Waals surface area contributed by atoms with Crippen LogP contribution in [0, 0.1) is 0 Å². The van der Waals surface area contributed by atoms with Crippen molar-refractivity contribution in [3.05, 3.63) is 48.3 Å². The van der Waals surface area contributed by atoms with Gasteiger partial charge in [0.2, 0.25) is 0 Å². The van der Waals surface area contributed by atoms with E-state index in [1.165, 1.54) is 5.56 Å². The van der Waals surface area contributed by atoms with E-state index in [4.69, 9.17) is 0 Å². The summed E-state index contributed by atoms with van der Waals surface area (Å²) in [5.41, 5.74) is 1.34. The molecule has 1 aromatic carbocycles. The van der Waals surface area contributed by atoms with Gasteiger partial charge in [0.05, 0.1) is 6.20 Å². The van der Waals surface area contributed by atoms with E-state index in [1.54, 1.807) is 6.20 Å². The molecule has 3 heteroatoms. The second-order valence-corrected chi connectivity index (χ2v) is 3.44. The highest BCUT2D eigenvalue weighted by molar-refractivity contribution is 5.18. The Labute approximate surface area is 83.4 Å². The van der Waals surface area contributed by atoms with E-state index in [0.29, 0.717) is 5.92 Å². The number of rotatable bonds is 3. The van der Waals surface area contributed by atoms with Gasteiger partial charge in [-0.3, -0.25) is 4.68 Å². The molecule has 0 amide bonds. The van der Waals surface area contributed by atoms with Gasteiger partial charge in [0, 0.05) is 18.7 Å². The summed E-state index contributed by atoms with van der Waals surface area (Å²) in [6, 6.07) is 10.4. The van der Waals surface area contributed by atoms with Crippen molar-refractivity contribution >= 4 is 0 Å². The predicted molar refractivity (Wildman–Crippen MR) is 54.9 cm³/mol. The van der Waals surface area contributed by atoms with Crippen molar-refractivity contribution in [1.29, 1.82) is 0 Å². The van der Waals surface area contributed by atoms with Gasteiger partial charge in [-0.2, -0.15) is 0 Å². The summed E-state index contributed by atoms with van der Waals surface area (Å²) in [5, 5.41) is 7.73. The fraction of sp³-hybridized carbons (Fsp3) is 0.273. The fourth-order valence-electron chi connectivity index (χ4n) is 1.50. The molecule has 0 bridgehead atoms. The van der Waals surface area contributed by atoms with Crippen LogP contribution in [0.1, 0.15) is 18.4 Å². The minimum absolute atomic E-state index is 0.470. The Bertz CT molecular complexity index is 367. The monoisotopic (exact) mass is 187 g/mol. The Kier molecular flexibility index (Phi) is 2.58. The lowest BCUT2D eigenvalue weighted by Gasteiger charge is -2.10. The van der Waals surface area contributed by atoms with Crippen molar-refractivity contribution in [3.8, 4) is 0 Å². The second kappa shape index (κ2) is 4.05. The molecular weight excluding hydrogens is 174 g/mol. The Hall–Kier alpha value is -1.64. The molecule has 0 aliphatic heterocycles. The normalized spacial score (nSPS) is 12.6. The van der Waals surface area contributed by atoms with E-state index >= 15 is 0 Å². The number of hydrogen-bond acceptors (Lipinski definition) is 2. The lowest BCUT2D eigenvalue weighted by molar-refractivity contribution is 0.527. The zero-order valence-electron chi connectivity index (χ0n) is 8.17. The minimum Gasteiger partial charge on any atom is -0.252 e. The van der Waals surface area contributed by atoms with Crippen molar-refractivity contribution in [1.82, 2.24) is 15.0 Å². The Morgan fingerprint density at radius 1 is 1.29 bits per heavy atom. The summed E-state index contributed by atoms with van der Waals surface area (Å²) in [5.74, 6) is 0.470. The topological polar surface area (TPSA) is 30.7 Å². The molecular formula is C11H13N3. The zero-order valence-corrected chi connectivity index (χ0v) is 8.17. The Morgan fingerprint density at radius 3 is 2.71 bits per heavy atom. The van der Waals surface area contributed by atoms with Gasteiger partial charge in [-0.05, 0) is 5.56 Å². The summed E-state index contributed by atoms with van der Waals surface area (Å²) in [6.07, 6.45) is 3.59. The fourth-order valence-corrected chi connectivity index (χ4v) is 1.50. The van der Waals surface area contributed by atoms with Crippen LogP contribution in [0.5, 0.6) is 0 Å². The molecule has 1 heterocycles. The minimum atomic E-state index is 0.470. The van der Waals surface area contributed by atoms with Gasteiger partial charge in [0.1, 0.15) is 0 Å². The van der Waals surface area contributed by atoms with E-state index < -0.39 is 0 Å². The number of aromatic nitrogens is 3. The van der Waals surface area contributed by atoms with Crippen molar-refractivity contribution in [2.45, 2.75) is 19.4 Å². The van der Waals surface area contributed by atoms with Gasteiger partial charge in [-0.1, -0.05) is 42.5 Å². The average molecular weight is 187 g/mol. The molecule has 0 radical (unpaired) electrons. The first-order valence-electron chi connectivity index (χ1n) is 4.75. The molecule has 0 aliphatic carbocycles. The van der Waals surface area contributed by atoms with Crippen LogP contribution in [0.4, 0.5) is 0 Å². The van der Waals surface area contributed by atoms with Crippen LogP contribution >= 0.6 is 0 Å². The summed E-state index contributed by atoms with van der Waals surface area (Å²) < 4.78 is 1.86. The van der Waals surface area contributed by atoms with Gasteiger partial charge in [0.25, 0.3) is 0 Å². The zero-order chi connectivity index (χ0) is 9.80. The van der Waals surface area contributed by atoms with Crippen LogP contribution in [-0.4, -0.2) is 15.0 Å². The molecule has 1 atom stereocenters. The number of benzene rings is 1. The predicted octanol–water partition coefficient (Wildman–Crippen LogP) is 2.08. The maximum Gasteiger partial charge on any atom is 0.0692 e. The molecule has 0 aliphatic rings. The quantitative estimate of drug-likeness (QED) is 0.736. The number of hydrogen-bond donors (Lipinski definition) is 0. The third-order valence-electron chi connectivity index (χ3n) is 2.30. The largest absolute Gasteiger partial charge is 0.252 e. The molecule has 0 unspecified atom stereocenters. The van der Waals surface area contributed by atoms with E-state index in [-0.39, 0.29) is 0 Å². The van der Waals surface area contributed by atoms with Crippen LogP contribution in [0.3, 0.4) is 0 Å². The van der Waals surface area contributed by atoms with E-state index in [1.807, 2.05) is 16.9 Å². The summed E-state index contributed by atoms with van der Waals surface area (Å²) in [4.78, 5) is 0. The molecule has 14 heavy (non-hydrogen) atoms. The third-order valence-corrected chi connectivity index (χ3v) is 2.30. The maximum absolute atomic E-state index is 3.95. The van der Waals surface area contributed by atoms with Gasteiger partial charge < -0.3 is 0 Å². The highest BCUT2D eigenvalue weighted by Crippen LogP contribution is 2.15. The molecule has 0 saturated carbocycles. The van der Waals surface area contributed by atoms with Crippen molar-refractivity contribution in [2.75, 3.05) is 0 Å². The van der Waals surface area contributed by atoms with E-state index in [2.05, 4.69) is 41.5 Å². The van der Waals surface area contributed by atoms with Crippen LogP contribution in [0.2, 0.25) is 0 Å². The molecule has 1 aromatic heterocycles. The Morgan fingerprint density at radius 2 is 2.07 bits per heavy atom. The molecule has 0 spiro atoms. The van der Waals surface area contributed by atoms with Crippen molar-refractivity contribution in [3.63, 3.8) is 0 Å². The molecule has 2 aromatic rings. The van der Waals surface area contributed by atoms with Gasteiger partial charge in [-0.15, -0.1) is 5.10 Å². The molecule has 0 saturated heterocycles. The van der Waals surface area contributed by atoms with Crippen LogP contribution < -0.4 is 0 Å². The van der Waals surface area contributed by atoms with E-state index in [9.17, 15) is 0 Å². The van der Waals surface area contributed by atoms with E-state index in [0.717, 1.165) is 6.54 Å². The standard InChI is InChI=1S/C11H13N3/c1-10(9-14-8-7-12-13-14)11-5-3-2-4-6-11/h2-8,10H,9H2,1H3/t10-/m0/s1. The first-order valence-corrected chi connectivity index (χ1v) is 4.75. The van der Waals surface area contributed by atoms with Crippen molar-refractivity contribution < 1.29 is 0 Å². The first-order chi connectivity index (χ1) is 6.86. The summed E-state index contributed by atoms with van der Waals surface area (Å²) in [6.45, 7) is 3.07. The highest BCUT2D eigenvalue weighted by Gasteiger charge is 2.05. The average Bonchev–Trinajstić information content (AvgIpc) is 2.72. The molecule has 0 fully saturated rings. The molecule has 72 valence electrons. The first kappa shape index (κ1) is 8.94. The van der Waals surface area contributed by atoms with Crippen LogP contribution in [-0.2, 0) is 6.54 Å². The van der Waals surface area contributed by atoms with Gasteiger partial charge in [0.15, 0.2) is 0 Å². The molecule has 0 N–H and O–H groups in total. The summed E-state index contributed by atoms with van der Waals surface area (Å²) >= 11 is 0. The van der Waals surface area contributed by atoms with Crippen LogP contribution in [0.25, 0.3) is 0 Å². The highest BCUT2D eigenvalue weighted by atomic mass is 15.4. The lowest BCUT2D eigenvalue weighted by Crippen LogP contribution is -2.06. The number of nitrogens with zero attached hydrogens (tertiary/aromatic N) is 3.